The van der Waals surface area contributed by atoms with Gasteiger partial charge in [0.2, 0.25) is 5.91 Å². The van der Waals surface area contributed by atoms with E-state index in [1.54, 1.807) is 11.0 Å². The molecule has 6 heteroatoms. The third-order valence-electron chi connectivity index (χ3n) is 3.73. The van der Waals surface area contributed by atoms with Crippen molar-refractivity contribution in [3.05, 3.63) is 11.9 Å². The first kappa shape index (κ1) is 14.6. The van der Waals surface area contributed by atoms with Gasteiger partial charge in [-0.25, -0.2) is 9.97 Å². The number of hydrogen-bond acceptors (Lipinski definition) is 5. The zero-order valence-corrected chi connectivity index (χ0v) is 12.7. The number of likely N-dealkylation sites (N-methyl/N-ethyl adjacent to an activating group) is 1. The van der Waals surface area contributed by atoms with E-state index in [0.29, 0.717) is 12.4 Å². The maximum absolute atomic E-state index is 12.3. The maximum atomic E-state index is 12.3. The van der Waals surface area contributed by atoms with Crippen molar-refractivity contribution in [1.82, 2.24) is 14.9 Å². The van der Waals surface area contributed by atoms with Gasteiger partial charge >= 0.3 is 0 Å². The number of rotatable bonds is 3. The standard InChI is InChI=1S/C14H23N5O/c1-5-6-11-16-10(15)9-12(17-11)19-8-7-18(4)13(20)14(19,2)3/h9H,5-8H2,1-4H3,(H2,15,16,17). The van der Waals surface area contributed by atoms with Crippen LogP contribution in [-0.2, 0) is 11.2 Å². The van der Waals surface area contributed by atoms with Gasteiger partial charge in [0.1, 0.15) is 23.0 Å². The average molecular weight is 277 g/mol. The molecule has 1 aromatic heterocycles. The molecule has 1 aliphatic heterocycles. The number of carbonyl (C=O) groups excluding carboxylic acids is 1. The second kappa shape index (κ2) is 5.26. The van der Waals surface area contributed by atoms with Crippen molar-refractivity contribution in [2.24, 2.45) is 0 Å². The number of amides is 1. The number of nitrogens with zero attached hydrogens (tertiary/aromatic N) is 4. The van der Waals surface area contributed by atoms with Crippen LogP contribution in [0.5, 0.6) is 0 Å². The summed E-state index contributed by atoms with van der Waals surface area (Å²) in [7, 11) is 1.83. The second-order valence-electron chi connectivity index (χ2n) is 5.75. The van der Waals surface area contributed by atoms with Crippen LogP contribution in [0.2, 0.25) is 0 Å². The first-order chi connectivity index (χ1) is 9.36. The van der Waals surface area contributed by atoms with Crippen molar-refractivity contribution in [2.45, 2.75) is 39.2 Å². The molecule has 0 spiro atoms. The summed E-state index contributed by atoms with van der Waals surface area (Å²) in [5.41, 5.74) is 5.26. The molecule has 0 bridgehead atoms. The van der Waals surface area contributed by atoms with E-state index in [0.717, 1.165) is 31.0 Å². The lowest BCUT2D eigenvalue weighted by Crippen LogP contribution is -2.62. The molecule has 1 fully saturated rings. The quantitative estimate of drug-likeness (QED) is 0.894. The van der Waals surface area contributed by atoms with Gasteiger partial charge in [-0.05, 0) is 20.3 Å². The molecule has 1 aromatic rings. The summed E-state index contributed by atoms with van der Waals surface area (Å²) in [6.45, 7) is 7.35. The third-order valence-corrected chi connectivity index (χ3v) is 3.73. The van der Waals surface area contributed by atoms with E-state index >= 15 is 0 Å². The normalized spacial score (nSPS) is 18.5. The molecule has 1 amide bonds. The Kier molecular flexibility index (Phi) is 3.83. The molecule has 6 nitrogen and oxygen atoms in total. The Bertz CT molecular complexity index is 514. The monoisotopic (exact) mass is 277 g/mol. The maximum Gasteiger partial charge on any atom is 0.247 e. The van der Waals surface area contributed by atoms with Crippen molar-refractivity contribution in [1.29, 1.82) is 0 Å². The van der Waals surface area contributed by atoms with E-state index < -0.39 is 5.54 Å². The number of piperazine rings is 1. The zero-order valence-electron chi connectivity index (χ0n) is 12.7. The van der Waals surface area contributed by atoms with Crippen molar-refractivity contribution < 1.29 is 4.79 Å². The summed E-state index contributed by atoms with van der Waals surface area (Å²) in [6.07, 6.45) is 1.76. The Morgan fingerprint density at radius 1 is 1.35 bits per heavy atom. The topological polar surface area (TPSA) is 75.3 Å². The van der Waals surface area contributed by atoms with Crippen LogP contribution in [0, 0.1) is 0 Å². The highest BCUT2D eigenvalue weighted by Gasteiger charge is 2.41. The van der Waals surface area contributed by atoms with Gasteiger partial charge in [0.05, 0.1) is 0 Å². The molecule has 0 radical (unpaired) electrons. The number of aromatic nitrogens is 2. The van der Waals surface area contributed by atoms with Gasteiger partial charge in [-0.1, -0.05) is 6.92 Å². The highest BCUT2D eigenvalue weighted by molar-refractivity contribution is 5.90. The Labute approximate surface area is 120 Å². The summed E-state index contributed by atoms with van der Waals surface area (Å²) >= 11 is 0. The van der Waals surface area contributed by atoms with Gasteiger partial charge in [-0.15, -0.1) is 0 Å². The summed E-state index contributed by atoms with van der Waals surface area (Å²) in [4.78, 5) is 24.9. The number of nitrogens with two attached hydrogens (primary N) is 1. The SMILES string of the molecule is CCCc1nc(N)cc(N2CCN(C)C(=O)C2(C)C)n1. The van der Waals surface area contributed by atoms with E-state index in [1.807, 2.05) is 25.8 Å². The van der Waals surface area contributed by atoms with Crippen LogP contribution in [0.15, 0.2) is 6.07 Å². The summed E-state index contributed by atoms with van der Waals surface area (Å²) in [5, 5.41) is 0. The molecular formula is C14H23N5O. The van der Waals surface area contributed by atoms with Gasteiger partial charge < -0.3 is 15.5 Å². The minimum atomic E-state index is -0.614. The highest BCUT2D eigenvalue weighted by Crippen LogP contribution is 2.28. The summed E-state index contributed by atoms with van der Waals surface area (Å²) in [6, 6.07) is 1.75. The summed E-state index contributed by atoms with van der Waals surface area (Å²) in [5.74, 6) is 2.04. The highest BCUT2D eigenvalue weighted by atomic mass is 16.2. The van der Waals surface area contributed by atoms with Crippen molar-refractivity contribution in [3.63, 3.8) is 0 Å². The lowest BCUT2D eigenvalue weighted by atomic mass is 9.98. The number of hydrogen-bond donors (Lipinski definition) is 1. The summed E-state index contributed by atoms with van der Waals surface area (Å²) < 4.78 is 0. The van der Waals surface area contributed by atoms with Crippen molar-refractivity contribution >= 4 is 17.5 Å². The Morgan fingerprint density at radius 3 is 2.70 bits per heavy atom. The van der Waals surface area contributed by atoms with Gasteiger partial charge in [-0.3, -0.25) is 4.79 Å². The predicted octanol–water partition coefficient (Wildman–Crippen LogP) is 1.07. The minimum absolute atomic E-state index is 0.0953. The van der Waals surface area contributed by atoms with E-state index in [2.05, 4.69) is 16.9 Å². The Morgan fingerprint density at radius 2 is 2.05 bits per heavy atom. The smallest absolute Gasteiger partial charge is 0.247 e. The molecule has 110 valence electrons. The molecule has 2 heterocycles. The Hall–Kier alpha value is -1.85. The van der Waals surface area contributed by atoms with Crippen LogP contribution >= 0.6 is 0 Å². The van der Waals surface area contributed by atoms with Crippen LogP contribution in [-0.4, -0.2) is 46.5 Å². The lowest BCUT2D eigenvalue weighted by Gasteiger charge is -2.45. The van der Waals surface area contributed by atoms with Crippen molar-refractivity contribution in [3.8, 4) is 0 Å². The van der Waals surface area contributed by atoms with Gasteiger partial charge in [0, 0.05) is 32.6 Å². The molecule has 0 saturated carbocycles. The van der Waals surface area contributed by atoms with Crippen LogP contribution < -0.4 is 10.6 Å². The van der Waals surface area contributed by atoms with E-state index in [4.69, 9.17) is 5.73 Å². The van der Waals surface area contributed by atoms with E-state index in [-0.39, 0.29) is 5.91 Å². The van der Waals surface area contributed by atoms with Gasteiger partial charge in [-0.2, -0.15) is 0 Å². The fraction of sp³-hybridized carbons (Fsp3) is 0.643. The fourth-order valence-corrected chi connectivity index (χ4v) is 2.59. The largest absolute Gasteiger partial charge is 0.384 e. The molecule has 20 heavy (non-hydrogen) atoms. The molecule has 1 saturated heterocycles. The second-order valence-corrected chi connectivity index (χ2v) is 5.75. The molecule has 0 aliphatic carbocycles. The number of nitrogen functional groups attached to an aromatic ring is 1. The first-order valence-electron chi connectivity index (χ1n) is 7.03. The lowest BCUT2D eigenvalue weighted by molar-refractivity contribution is -0.136. The van der Waals surface area contributed by atoms with Crippen LogP contribution in [0.25, 0.3) is 0 Å². The minimum Gasteiger partial charge on any atom is -0.384 e. The zero-order chi connectivity index (χ0) is 14.9. The molecule has 1 aliphatic rings. The van der Waals surface area contributed by atoms with Gasteiger partial charge in [0.15, 0.2) is 0 Å². The molecule has 2 N–H and O–H groups in total. The number of carbonyl (C=O) groups is 1. The predicted molar refractivity (Wildman–Crippen MR) is 79.5 cm³/mol. The average Bonchev–Trinajstić information content (AvgIpc) is 2.36. The van der Waals surface area contributed by atoms with Crippen molar-refractivity contribution in [2.75, 3.05) is 30.8 Å². The van der Waals surface area contributed by atoms with Crippen LogP contribution in [0.4, 0.5) is 11.6 Å². The first-order valence-corrected chi connectivity index (χ1v) is 7.03. The molecule has 0 atom stereocenters. The number of anilines is 2. The number of aryl methyl sites for hydroxylation is 1. The molecule has 2 rings (SSSR count). The molecule has 0 unspecified atom stereocenters. The van der Waals surface area contributed by atoms with E-state index in [9.17, 15) is 4.79 Å². The Balaban J connectivity index is 2.37. The van der Waals surface area contributed by atoms with Crippen LogP contribution in [0.3, 0.4) is 0 Å². The van der Waals surface area contributed by atoms with Crippen LogP contribution in [0.1, 0.15) is 33.0 Å². The molecule has 0 aromatic carbocycles. The third kappa shape index (κ3) is 2.55. The molecular weight excluding hydrogens is 254 g/mol. The van der Waals surface area contributed by atoms with E-state index in [1.165, 1.54) is 0 Å². The fourth-order valence-electron chi connectivity index (χ4n) is 2.59. The van der Waals surface area contributed by atoms with Gasteiger partial charge in [0.25, 0.3) is 0 Å².